The number of nitrogens with zero attached hydrogens (tertiary/aromatic N) is 1. The number of non-ortho nitro benzene ring substituents is 1. The molecule has 0 aromatic heterocycles. The van der Waals surface area contributed by atoms with Crippen molar-refractivity contribution in [3.05, 3.63) is 75.8 Å². The number of carbonyl (C=O) groups excluding carboxylic acids is 2. The molecule has 8 nitrogen and oxygen atoms in total. The first kappa shape index (κ1) is 18.7. The van der Waals surface area contributed by atoms with Crippen LogP contribution in [0.3, 0.4) is 0 Å². The summed E-state index contributed by atoms with van der Waals surface area (Å²) in [5.41, 5.74) is 5.33. The molecule has 0 bridgehead atoms. The van der Waals surface area contributed by atoms with E-state index >= 15 is 0 Å². The van der Waals surface area contributed by atoms with Gasteiger partial charge in [0.25, 0.3) is 17.5 Å². The van der Waals surface area contributed by atoms with Crippen LogP contribution in [0, 0.1) is 10.1 Å². The molecular formula is C18H17N3O5. The van der Waals surface area contributed by atoms with Crippen LogP contribution in [0.1, 0.15) is 22.8 Å². The third-order valence-corrected chi connectivity index (χ3v) is 3.26. The summed E-state index contributed by atoms with van der Waals surface area (Å²) >= 11 is 0. The summed E-state index contributed by atoms with van der Waals surface area (Å²) in [4.78, 5) is 33.6. The van der Waals surface area contributed by atoms with E-state index in [4.69, 9.17) is 4.74 Å². The molecule has 0 radical (unpaired) electrons. The van der Waals surface area contributed by atoms with E-state index in [2.05, 4.69) is 10.9 Å². The van der Waals surface area contributed by atoms with Gasteiger partial charge in [-0.2, -0.15) is 0 Å². The minimum absolute atomic E-state index is 0.121. The largest absolute Gasteiger partial charge is 0.494 e. The second-order valence-electron chi connectivity index (χ2n) is 5.08. The Morgan fingerprint density at radius 2 is 1.73 bits per heavy atom. The number of hydrogen-bond donors (Lipinski definition) is 2. The van der Waals surface area contributed by atoms with E-state index in [1.54, 1.807) is 30.3 Å². The van der Waals surface area contributed by atoms with Crippen molar-refractivity contribution in [2.45, 2.75) is 6.92 Å². The highest BCUT2D eigenvalue weighted by atomic mass is 16.6. The Kier molecular flexibility index (Phi) is 6.44. The second-order valence-corrected chi connectivity index (χ2v) is 5.08. The van der Waals surface area contributed by atoms with Gasteiger partial charge in [-0.05, 0) is 42.8 Å². The van der Waals surface area contributed by atoms with Gasteiger partial charge in [-0.1, -0.05) is 12.1 Å². The molecule has 0 spiro atoms. The fourth-order valence-electron chi connectivity index (χ4n) is 1.98. The quantitative estimate of drug-likeness (QED) is 0.470. The van der Waals surface area contributed by atoms with Crippen molar-refractivity contribution in [1.29, 1.82) is 0 Å². The van der Waals surface area contributed by atoms with E-state index in [9.17, 15) is 19.7 Å². The number of rotatable bonds is 6. The SMILES string of the molecule is CCOc1ccc(/C=C/C(=O)NNC(=O)c2ccc([N+](=O)[O-])cc2)cc1. The zero-order chi connectivity index (χ0) is 18.9. The summed E-state index contributed by atoms with van der Waals surface area (Å²) in [6, 6.07) is 12.2. The van der Waals surface area contributed by atoms with Gasteiger partial charge in [0.2, 0.25) is 0 Å². The van der Waals surface area contributed by atoms with E-state index in [-0.39, 0.29) is 11.3 Å². The average molecular weight is 355 g/mol. The van der Waals surface area contributed by atoms with Crippen LogP contribution in [0.4, 0.5) is 5.69 Å². The van der Waals surface area contributed by atoms with Crippen LogP contribution in [0.15, 0.2) is 54.6 Å². The monoisotopic (exact) mass is 355 g/mol. The van der Waals surface area contributed by atoms with Gasteiger partial charge in [0, 0.05) is 23.8 Å². The number of nitro benzene ring substituents is 1. The Hall–Kier alpha value is -3.68. The molecule has 0 heterocycles. The number of nitro groups is 1. The molecule has 2 rings (SSSR count). The summed E-state index contributed by atoms with van der Waals surface area (Å²) in [7, 11) is 0. The summed E-state index contributed by atoms with van der Waals surface area (Å²) in [6.07, 6.45) is 2.86. The highest BCUT2D eigenvalue weighted by Gasteiger charge is 2.09. The smallest absolute Gasteiger partial charge is 0.269 e. The lowest BCUT2D eigenvalue weighted by Crippen LogP contribution is -2.40. The fraction of sp³-hybridized carbons (Fsp3) is 0.111. The molecule has 2 aromatic rings. The Balaban J connectivity index is 1.85. The molecule has 0 unspecified atom stereocenters. The first-order valence-electron chi connectivity index (χ1n) is 7.75. The highest BCUT2D eigenvalue weighted by Crippen LogP contribution is 2.13. The molecule has 134 valence electrons. The van der Waals surface area contributed by atoms with Gasteiger partial charge >= 0.3 is 0 Å². The molecule has 0 aliphatic carbocycles. The number of benzene rings is 2. The minimum atomic E-state index is -0.581. The lowest BCUT2D eigenvalue weighted by atomic mass is 10.2. The normalized spacial score (nSPS) is 10.3. The summed E-state index contributed by atoms with van der Waals surface area (Å²) in [5, 5.41) is 10.6. The third kappa shape index (κ3) is 5.45. The predicted octanol–water partition coefficient (Wildman–Crippen LogP) is 2.47. The van der Waals surface area contributed by atoms with Crippen molar-refractivity contribution >= 4 is 23.6 Å². The van der Waals surface area contributed by atoms with Crippen LogP contribution < -0.4 is 15.6 Å². The van der Waals surface area contributed by atoms with Gasteiger partial charge in [0.1, 0.15) is 5.75 Å². The molecule has 2 N–H and O–H groups in total. The van der Waals surface area contributed by atoms with Crippen LogP contribution in [0.25, 0.3) is 6.08 Å². The van der Waals surface area contributed by atoms with Crippen molar-refractivity contribution in [1.82, 2.24) is 10.9 Å². The standard InChI is InChI=1S/C18H17N3O5/c1-2-26-16-10-3-13(4-11-16)5-12-17(22)19-20-18(23)14-6-8-15(9-7-14)21(24)25/h3-12H,2H2,1H3,(H,19,22)(H,20,23)/b12-5+. The lowest BCUT2D eigenvalue weighted by molar-refractivity contribution is -0.384. The first-order chi connectivity index (χ1) is 12.5. The molecule has 0 aliphatic heterocycles. The Bertz CT molecular complexity index is 814. The molecular weight excluding hydrogens is 338 g/mol. The van der Waals surface area contributed by atoms with E-state index in [1.807, 2.05) is 6.92 Å². The van der Waals surface area contributed by atoms with E-state index in [0.29, 0.717) is 6.61 Å². The molecule has 2 aromatic carbocycles. The molecule has 26 heavy (non-hydrogen) atoms. The van der Waals surface area contributed by atoms with Gasteiger partial charge in [0.15, 0.2) is 0 Å². The lowest BCUT2D eigenvalue weighted by Gasteiger charge is -2.05. The van der Waals surface area contributed by atoms with Crippen LogP contribution in [-0.4, -0.2) is 23.3 Å². The zero-order valence-corrected chi connectivity index (χ0v) is 14.0. The van der Waals surface area contributed by atoms with E-state index < -0.39 is 16.7 Å². The average Bonchev–Trinajstić information content (AvgIpc) is 2.66. The third-order valence-electron chi connectivity index (χ3n) is 3.26. The maximum absolute atomic E-state index is 11.9. The first-order valence-corrected chi connectivity index (χ1v) is 7.75. The number of ether oxygens (including phenoxy) is 1. The summed E-state index contributed by atoms with van der Waals surface area (Å²) < 4.78 is 5.33. The Morgan fingerprint density at radius 1 is 1.08 bits per heavy atom. The maximum Gasteiger partial charge on any atom is 0.269 e. The highest BCUT2D eigenvalue weighted by molar-refractivity contribution is 5.98. The van der Waals surface area contributed by atoms with Gasteiger partial charge in [-0.15, -0.1) is 0 Å². The van der Waals surface area contributed by atoms with Crippen LogP contribution in [0.5, 0.6) is 5.75 Å². The van der Waals surface area contributed by atoms with Crippen LogP contribution in [-0.2, 0) is 4.79 Å². The molecule has 8 heteroatoms. The van der Waals surface area contributed by atoms with Crippen molar-refractivity contribution < 1.29 is 19.2 Å². The predicted molar refractivity (Wildman–Crippen MR) is 95.4 cm³/mol. The van der Waals surface area contributed by atoms with Crippen molar-refractivity contribution in [2.75, 3.05) is 6.61 Å². The molecule has 2 amide bonds. The van der Waals surface area contributed by atoms with Gasteiger partial charge in [-0.3, -0.25) is 30.6 Å². The van der Waals surface area contributed by atoms with Gasteiger partial charge in [-0.25, -0.2) is 0 Å². The number of hydrazine groups is 1. The van der Waals surface area contributed by atoms with E-state index in [0.717, 1.165) is 11.3 Å². The van der Waals surface area contributed by atoms with Gasteiger partial charge < -0.3 is 4.74 Å². The molecule has 0 fully saturated rings. The van der Waals surface area contributed by atoms with Crippen LogP contribution in [0.2, 0.25) is 0 Å². The Morgan fingerprint density at radius 3 is 2.31 bits per heavy atom. The topological polar surface area (TPSA) is 111 Å². The number of amides is 2. The minimum Gasteiger partial charge on any atom is -0.494 e. The summed E-state index contributed by atoms with van der Waals surface area (Å²) in [5.74, 6) is -0.360. The van der Waals surface area contributed by atoms with E-state index in [1.165, 1.54) is 30.3 Å². The number of carbonyl (C=O) groups is 2. The van der Waals surface area contributed by atoms with Crippen molar-refractivity contribution in [3.63, 3.8) is 0 Å². The second kappa shape index (κ2) is 8.97. The number of nitrogens with one attached hydrogen (secondary N) is 2. The maximum atomic E-state index is 11.9. The zero-order valence-electron chi connectivity index (χ0n) is 14.0. The molecule has 0 aliphatic rings. The molecule has 0 saturated carbocycles. The van der Waals surface area contributed by atoms with Gasteiger partial charge in [0.05, 0.1) is 11.5 Å². The molecule has 0 atom stereocenters. The fourth-order valence-corrected chi connectivity index (χ4v) is 1.98. The van der Waals surface area contributed by atoms with Crippen LogP contribution >= 0.6 is 0 Å². The van der Waals surface area contributed by atoms with Crippen molar-refractivity contribution in [2.24, 2.45) is 0 Å². The number of hydrogen-bond acceptors (Lipinski definition) is 5. The Labute approximate surface area is 149 Å². The molecule has 0 saturated heterocycles. The summed E-state index contributed by atoms with van der Waals surface area (Å²) in [6.45, 7) is 2.47. The van der Waals surface area contributed by atoms with Crippen molar-refractivity contribution in [3.8, 4) is 5.75 Å².